The lowest BCUT2D eigenvalue weighted by Crippen LogP contribution is -2.43. The smallest absolute Gasteiger partial charge is 0.234 e. The lowest BCUT2D eigenvalue weighted by atomic mass is 9.80. The summed E-state index contributed by atoms with van der Waals surface area (Å²) in [6.07, 6.45) is 7.28. The molecule has 3 heteroatoms. The minimum Gasteiger partial charge on any atom is -0.352 e. The summed E-state index contributed by atoms with van der Waals surface area (Å²) in [7, 11) is 0. The van der Waals surface area contributed by atoms with Crippen molar-refractivity contribution < 1.29 is 4.79 Å². The van der Waals surface area contributed by atoms with Crippen molar-refractivity contribution in [3.05, 3.63) is 35.9 Å². The molecule has 0 bridgehead atoms. The van der Waals surface area contributed by atoms with E-state index in [1.165, 1.54) is 31.2 Å². The van der Waals surface area contributed by atoms with Gasteiger partial charge in [0.05, 0.1) is 6.54 Å². The van der Waals surface area contributed by atoms with Gasteiger partial charge in [0.15, 0.2) is 0 Å². The van der Waals surface area contributed by atoms with Crippen molar-refractivity contribution in [2.24, 2.45) is 0 Å². The van der Waals surface area contributed by atoms with Gasteiger partial charge in [-0.25, -0.2) is 0 Å². The van der Waals surface area contributed by atoms with Crippen LogP contribution in [-0.2, 0) is 4.79 Å². The number of rotatable bonds is 5. The molecule has 2 atom stereocenters. The van der Waals surface area contributed by atoms with Crippen LogP contribution >= 0.6 is 0 Å². The van der Waals surface area contributed by atoms with Gasteiger partial charge in [0.1, 0.15) is 0 Å². The predicted octanol–water partition coefficient (Wildman–Crippen LogP) is 2.58. The highest BCUT2D eigenvalue weighted by Gasteiger charge is 2.27. The van der Waals surface area contributed by atoms with E-state index in [0.717, 1.165) is 12.8 Å². The molecule has 20 heavy (non-hydrogen) atoms. The molecule has 2 aliphatic carbocycles. The van der Waals surface area contributed by atoms with Crippen LogP contribution in [0.15, 0.2) is 30.3 Å². The molecule has 0 aliphatic heterocycles. The van der Waals surface area contributed by atoms with Gasteiger partial charge in [0.2, 0.25) is 5.91 Å². The van der Waals surface area contributed by atoms with Crippen LogP contribution in [0.25, 0.3) is 0 Å². The van der Waals surface area contributed by atoms with E-state index in [-0.39, 0.29) is 5.91 Å². The van der Waals surface area contributed by atoms with E-state index >= 15 is 0 Å². The van der Waals surface area contributed by atoms with Crippen LogP contribution in [0.2, 0.25) is 0 Å². The molecule has 2 aliphatic rings. The second-order valence-electron chi connectivity index (χ2n) is 6.13. The monoisotopic (exact) mass is 272 g/mol. The molecule has 0 saturated heterocycles. The summed E-state index contributed by atoms with van der Waals surface area (Å²) in [5.74, 6) is 0.712. The van der Waals surface area contributed by atoms with Crippen molar-refractivity contribution in [1.29, 1.82) is 0 Å². The Labute approximate surface area is 121 Å². The van der Waals surface area contributed by atoms with Gasteiger partial charge >= 0.3 is 0 Å². The zero-order valence-corrected chi connectivity index (χ0v) is 12.0. The van der Waals surface area contributed by atoms with Crippen LogP contribution in [0.5, 0.6) is 0 Å². The maximum Gasteiger partial charge on any atom is 0.234 e. The molecule has 1 aromatic rings. The molecule has 0 radical (unpaired) electrons. The number of hydrogen-bond donors (Lipinski definition) is 2. The van der Waals surface area contributed by atoms with Crippen LogP contribution in [0.3, 0.4) is 0 Å². The molecule has 2 saturated carbocycles. The SMILES string of the molecule is O=C(CNC1CCCCC1c1ccccc1)NC1CC1. The first kappa shape index (κ1) is 13.6. The minimum atomic E-state index is 0.157. The van der Waals surface area contributed by atoms with E-state index in [2.05, 4.69) is 41.0 Å². The molecule has 108 valence electrons. The molecule has 3 nitrogen and oxygen atoms in total. The van der Waals surface area contributed by atoms with Crippen LogP contribution in [-0.4, -0.2) is 24.5 Å². The summed E-state index contributed by atoms with van der Waals surface area (Å²) in [6.45, 7) is 0.463. The molecule has 3 rings (SSSR count). The second-order valence-corrected chi connectivity index (χ2v) is 6.13. The number of carbonyl (C=O) groups excluding carboxylic acids is 1. The Balaban J connectivity index is 1.56. The predicted molar refractivity (Wildman–Crippen MR) is 80.6 cm³/mol. The van der Waals surface area contributed by atoms with Crippen molar-refractivity contribution in [1.82, 2.24) is 10.6 Å². The molecule has 1 amide bonds. The van der Waals surface area contributed by atoms with Crippen molar-refractivity contribution in [3.63, 3.8) is 0 Å². The first-order valence-corrected chi connectivity index (χ1v) is 7.90. The number of nitrogens with one attached hydrogen (secondary N) is 2. The topological polar surface area (TPSA) is 41.1 Å². The van der Waals surface area contributed by atoms with Gasteiger partial charge in [-0.3, -0.25) is 4.79 Å². The van der Waals surface area contributed by atoms with Gasteiger partial charge in [0.25, 0.3) is 0 Å². The summed E-state index contributed by atoms with van der Waals surface area (Å²) >= 11 is 0. The van der Waals surface area contributed by atoms with E-state index in [1.54, 1.807) is 0 Å². The Morgan fingerprint density at radius 1 is 1.05 bits per heavy atom. The summed E-state index contributed by atoms with van der Waals surface area (Å²) in [6, 6.07) is 11.6. The van der Waals surface area contributed by atoms with Crippen LogP contribution < -0.4 is 10.6 Å². The van der Waals surface area contributed by atoms with E-state index in [4.69, 9.17) is 0 Å². The fourth-order valence-electron chi connectivity index (χ4n) is 3.20. The van der Waals surface area contributed by atoms with E-state index in [1.807, 2.05) is 0 Å². The quantitative estimate of drug-likeness (QED) is 0.865. The van der Waals surface area contributed by atoms with Crippen LogP contribution in [0.4, 0.5) is 0 Å². The number of carbonyl (C=O) groups is 1. The van der Waals surface area contributed by atoms with E-state index in [0.29, 0.717) is 24.5 Å². The second kappa shape index (κ2) is 6.40. The summed E-state index contributed by atoms with van der Waals surface area (Å²) in [5.41, 5.74) is 1.41. The fourth-order valence-corrected chi connectivity index (χ4v) is 3.20. The molecule has 0 spiro atoms. The molecular weight excluding hydrogens is 248 g/mol. The first-order valence-electron chi connectivity index (χ1n) is 7.90. The highest BCUT2D eigenvalue weighted by molar-refractivity contribution is 5.78. The van der Waals surface area contributed by atoms with Gasteiger partial charge in [-0.15, -0.1) is 0 Å². The van der Waals surface area contributed by atoms with Crippen LogP contribution in [0, 0.1) is 0 Å². The maximum absolute atomic E-state index is 11.8. The lowest BCUT2D eigenvalue weighted by Gasteiger charge is -2.32. The number of benzene rings is 1. The summed E-state index contributed by atoms with van der Waals surface area (Å²) in [5, 5.41) is 6.54. The van der Waals surface area contributed by atoms with E-state index < -0.39 is 0 Å². The highest BCUT2D eigenvalue weighted by atomic mass is 16.2. The van der Waals surface area contributed by atoms with Crippen molar-refractivity contribution >= 4 is 5.91 Å². The molecule has 2 fully saturated rings. The number of hydrogen-bond acceptors (Lipinski definition) is 2. The van der Waals surface area contributed by atoms with Crippen molar-refractivity contribution in [2.45, 2.75) is 56.5 Å². The number of amides is 1. The van der Waals surface area contributed by atoms with Gasteiger partial charge in [-0.2, -0.15) is 0 Å². The molecular formula is C17H24N2O. The largest absolute Gasteiger partial charge is 0.352 e. The zero-order valence-electron chi connectivity index (χ0n) is 12.0. The third-order valence-corrected chi connectivity index (χ3v) is 4.46. The Morgan fingerprint density at radius 3 is 2.55 bits per heavy atom. The third kappa shape index (κ3) is 3.60. The normalized spacial score (nSPS) is 26.2. The Hall–Kier alpha value is -1.35. The van der Waals surface area contributed by atoms with Crippen LogP contribution in [0.1, 0.15) is 50.0 Å². The van der Waals surface area contributed by atoms with Crippen molar-refractivity contribution in [3.8, 4) is 0 Å². The molecule has 0 heterocycles. The zero-order chi connectivity index (χ0) is 13.8. The molecule has 2 N–H and O–H groups in total. The Bertz CT molecular complexity index is 442. The Morgan fingerprint density at radius 2 is 1.80 bits per heavy atom. The lowest BCUT2D eigenvalue weighted by molar-refractivity contribution is -0.120. The van der Waals surface area contributed by atoms with E-state index in [9.17, 15) is 4.79 Å². The molecule has 2 unspecified atom stereocenters. The van der Waals surface area contributed by atoms with Gasteiger partial charge in [-0.1, -0.05) is 43.2 Å². The van der Waals surface area contributed by atoms with Gasteiger partial charge < -0.3 is 10.6 Å². The third-order valence-electron chi connectivity index (χ3n) is 4.46. The minimum absolute atomic E-state index is 0.157. The maximum atomic E-state index is 11.8. The fraction of sp³-hybridized carbons (Fsp3) is 0.588. The Kier molecular flexibility index (Phi) is 4.36. The molecule has 0 aromatic heterocycles. The summed E-state index contributed by atoms with van der Waals surface area (Å²) < 4.78 is 0. The average Bonchev–Trinajstić information content (AvgIpc) is 3.30. The molecule has 1 aromatic carbocycles. The first-order chi connectivity index (χ1) is 9.83. The van der Waals surface area contributed by atoms with Crippen molar-refractivity contribution in [2.75, 3.05) is 6.54 Å². The summed E-state index contributed by atoms with van der Waals surface area (Å²) in [4.78, 5) is 11.8. The standard InChI is InChI=1S/C17H24N2O/c20-17(19-14-10-11-14)12-18-16-9-5-4-8-15(16)13-6-2-1-3-7-13/h1-3,6-7,14-16,18H,4-5,8-12H2,(H,19,20). The van der Waals surface area contributed by atoms with Gasteiger partial charge in [0, 0.05) is 12.1 Å². The highest BCUT2D eigenvalue weighted by Crippen LogP contribution is 2.32. The average molecular weight is 272 g/mol. The van der Waals surface area contributed by atoms with Gasteiger partial charge in [-0.05, 0) is 37.2 Å².